The third-order valence-corrected chi connectivity index (χ3v) is 1.67. The van der Waals surface area contributed by atoms with Crippen LogP contribution in [-0.4, -0.2) is 36.7 Å². The number of guanidine groups is 1. The molecule has 0 unspecified atom stereocenters. The molecule has 0 saturated heterocycles. The molecule has 9 nitrogen and oxygen atoms in total. The number of hydrogen-bond acceptors (Lipinski definition) is 6. The summed E-state index contributed by atoms with van der Waals surface area (Å²) in [6.45, 7) is 0.247. The fourth-order valence-corrected chi connectivity index (χ4v) is 0.909. The number of carbonyl (C=O) groups is 1. The molecule has 0 rings (SSSR count). The third kappa shape index (κ3) is 6.54. The molecule has 0 radical (unpaired) electrons. The second kappa shape index (κ2) is 7.40. The molecular formula is C7H16N5O4+. The zero-order valence-corrected chi connectivity index (χ0v) is 8.88. The number of aliphatic imine (C=N–C) groups is 1. The van der Waals surface area contributed by atoms with Gasteiger partial charge < -0.3 is 16.2 Å². The molecule has 0 aromatic heterocycles. The van der Waals surface area contributed by atoms with Gasteiger partial charge in [-0.2, -0.15) is 0 Å². The third-order valence-electron chi connectivity index (χ3n) is 1.67. The second-order valence-electron chi connectivity index (χ2n) is 2.91. The zero-order valence-electron chi connectivity index (χ0n) is 9.88. The SMILES string of the molecule is COC(=O)[C@@H](N)CCCN=C(N)N[N+](=O)[O-].[H+]. The number of nitrogens with two attached hydrogens (primary N) is 2. The number of nitrogens with one attached hydrogen (secondary N) is 1. The van der Waals surface area contributed by atoms with E-state index < -0.39 is 17.0 Å². The highest BCUT2D eigenvalue weighted by Crippen LogP contribution is 1.96. The van der Waals surface area contributed by atoms with E-state index in [2.05, 4.69) is 9.73 Å². The summed E-state index contributed by atoms with van der Waals surface area (Å²) < 4.78 is 4.42. The summed E-state index contributed by atoms with van der Waals surface area (Å²) >= 11 is 0. The molecule has 0 spiro atoms. The lowest BCUT2D eigenvalue weighted by Crippen LogP contribution is -2.36. The van der Waals surface area contributed by atoms with E-state index in [9.17, 15) is 14.9 Å². The number of hydrazine groups is 1. The predicted molar refractivity (Wildman–Crippen MR) is 57.0 cm³/mol. The van der Waals surface area contributed by atoms with Crippen LogP contribution < -0.4 is 16.9 Å². The van der Waals surface area contributed by atoms with E-state index in [1.165, 1.54) is 7.11 Å². The Morgan fingerprint density at radius 3 is 2.88 bits per heavy atom. The van der Waals surface area contributed by atoms with Crippen LogP contribution in [0.3, 0.4) is 0 Å². The first-order valence-electron chi connectivity index (χ1n) is 4.51. The van der Waals surface area contributed by atoms with Crippen molar-refractivity contribution in [2.45, 2.75) is 18.9 Å². The molecule has 92 valence electrons. The summed E-state index contributed by atoms with van der Waals surface area (Å²) in [6.07, 6.45) is 0.859. The number of hydrogen-bond donors (Lipinski definition) is 3. The first-order valence-corrected chi connectivity index (χ1v) is 4.51. The van der Waals surface area contributed by atoms with Gasteiger partial charge in [0.25, 0.3) is 5.96 Å². The summed E-state index contributed by atoms with van der Waals surface area (Å²) in [7, 11) is 1.25. The van der Waals surface area contributed by atoms with E-state index in [1.807, 2.05) is 0 Å². The van der Waals surface area contributed by atoms with Crippen molar-refractivity contribution in [1.82, 2.24) is 5.43 Å². The number of nitro groups is 1. The standard InChI is InChI=1S/C7H15N5O4/c1-16-6(13)5(8)3-2-4-10-7(9)11-12(14)15/h5H,2-4,8H2,1H3,(H3,9,10,11)/p+1/t5-/m0/s1. The maximum absolute atomic E-state index is 10.9. The molecule has 0 aromatic rings. The topological polar surface area (TPSA) is 146 Å². The highest BCUT2D eigenvalue weighted by atomic mass is 16.7. The van der Waals surface area contributed by atoms with Gasteiger partial charge in [-0.05, 0) is 12.8 Å². The molecule has 0 aliphatic heterocycles. The van der Waals surface area contributed by atoms with E-state index in [0.717, 1.165) is 0 Å². The Morgan fingerprint density at radius 1 is 1.75 bits per heavy atom. The van der Waals surface area contributed by atoms with Gasteiger partial charge in [0.05, 0.1) is 7.11 Å². The molecule has 0 aliphatic rings. The van der Waals surface area contributed by atoms with Crippen LogP contribution in [0.5, 0.6) is 0 Å². The van der Waals surface area contributed by atoms with E-state index in [1.54, 1.807) is 5.43 Å². The van der Waals surface area contributed by atoms with Gasteiger partial charge in [0.1, 0.15) is 6.04 Å². The first-order chi connectivity index (χ1) is 7.47. The maximum atomic E-state index is 10.9. The largest absolute Gasteiger partial charge is 1.00 e. The second-order valence-corrected chi connectivity index (χ2v) is 2.91. The van der Waals surface area contributed by atoms with Crippen LogP contribution in [0.1, 0.15) is 14.3 Å². The number of esters is 1. The molecule has 5 N–H and O–H groups in total. The number of carbonyl (C=O) groups excluding carboxylic acids is 1. The van der Waals surface area contributed by atoms with Crippen molar-refractivity contribution in [2.24, 2.45) is 16.5 Å². The van der Waals surface area contributed by atoms with Crippen LogP contribution in [0.2, 0.25) is 0 Å². The lowest BCUT2D eigenvalue weighted by Gasteiger charge is -2.07. The van der Waals surface area contributed by atoms with Crippen LogP contribution in [0, 0.1) is 10.1 Å². The number of ether oxygens (including phenoxy) is 1. The van der Waals surface area contributed by atoms with Crippen molar-refractivity contribution < 1.29 is 16.0 Å². The van der Waals surface area contributed by atoms with Crippen LogP contribution in [0.4, 0.5) is 0 Å². The maximum Gasteiger partial charge on any atom is 1.00 e. The summed E-state index contributed by atoms with van der Waals surface area (Å²) in [5.74, 6) is -0.781. The van der Waals surface area contributed by atoms with Crippen molar-refractivity contribution in [2.75, 3.05) is 13.7 Å². The van der Waals surface area contributed by atoms with Crippen molar-refractivity contribution in [3.05, 3.63) is 10.1 Å². The van der Waals surface area contributed by atoms with Crippen molar-refractivity contribution in [3.8, 4) is 0 Å². The Morgan fingerprint density at radius 2 is 2.38 bits per heavy atom. The van der Waals surface area contributed by atoms with Gasteiger partial charge in [-0.25, -0.2) is 15.1 Å². The van der Waals surface area contributed by atoms with Crippen LogP contribution in [0.25, 0.3) is 0 Å². The molecule has 0 heterocycles. The van der Waals surface area contributed by atoms with Crippen molar-refractivity contribution in [1.29, 1.82) is 0 Å². The molecule has 0 amide bonds. The minimum Gasteiger partial charge on any atom is -0.468 e. The summed E-state index contributed by atoms with van der Waals surface area (Å²) in [6, 6.07) is -0.704. The molecule has 9 heteroatoms. The average Bonchev–Trinajstić information content (AvgIpc) is 2.21. The normalized spacial score (nSPS) is 13.0. The summed E-state index contributed by atoms with van der Waals surface area (Å²) in [5.41, 5.74) is 12.3. The van der Waals surface area contributed by atoms with Gasteiger partial charge >= 0.3 is 7.40 Å². The Kier molecular flexibility index (Phi) is 6.52. The smallest absolute Gasteiger partial charge is 0.468 e. The van der Waals surface area contributed by atoms with Crippen LogP contribution in [0.15, 0.2) is 4.99 Å². The van der Waals surface area contributed by atoms with Gasteiger partial charge in [0, 0.05) is 6.54 Å². The fourth-order valence-electron chi connectivity index (χ4n) is 0.909. The van der Waals surface area contributed by atoms with E-state index in [0.29, 0.717) is 12.8 Å². The molecule has 0 aromatic carbocycles. The lowest BCUT2D eigenvalue weighted by atomic mass is 10.2. The van der Waals surface area contributed by atoms with Gasteiger partial charge in [0.2, 0.25) is 0 Å². The van der Waals surface area contributed by atoms with E-state index >= 15 is 0 Å². The highest BCUT2D eigenvalue weighted by Gasteiger charge is 2.12. The Bertz CT molecular complexity index is 285. The zero-order chi connectivity index (χ0) is 12.6. The lowest BCUT2D eigenvalue weighted by molar-refractivity contribution is -0.525. The first kappa shape index (κ1) is 14.1. The van der Waals surface area contributed by atoms with Crippen molar-refractivity contribution in [3.63, 3.8) is 0 Å². The number of methoxy groups -OCH3 is 1. The Balaban J connectivity index is 0. The highest BCUT2D eigenvalue weighted by molar-refractivity contribution is 5.76. The molecule has 0 aliphatic carbocycles. The van der Waals surface area contributed by atoms with Gasteiger partial charge in [-0.3, -0.25) is 4.79 Å². The Hall–Kier alpha value is -1.90. The minimum absolute atomic E-state index is 0. The summed E-state index contributed by atoms with van der Waals surface area (Å²) in [4.78, 5) is 24.5. The van der Waals surface area contributed by atoms with Crippen LogP contribution in [-0.2, 0) is 9.53 Å². The molecule has 16 heavy (non-hydrogen) atoms. The Labute approximate surface area is 93.4 Å². The molecule has 0 saturated carbocycles. The quantitative estimate of drug-likeness (QED) is 0.126. The minimum atomic E-state index is -0.807. The van der Waals surface area contributed by atoms with Crippen molar-refractivity contribution >= 4 is 11.9 Å². The van der Waals surface area contributed by atoms with Gasteiger partial charge in [-0.15, -0.1) is 0 Å². The average molecular weight is 234 g/mol. The van der Waals surface area contributed by atoms with Gasteiger partial charge in [-0.1, -0.05) is 5.43 Å². The molecule has 1 atom stereocenters. The molecule has 0 bridgehead atoms. The number of nitrogens with zero attached hydrogens (tertiary/aromatic N) is 2. The van der Waals surface area contributed by atoms with E-state index in [4.69, 9.17) is 11.5 Å². The summed E-state index contributed by atoms with van der Waals surface area (Å²) in [5, 5.41) is 9.12. The molecule has 0 fully saturated rings. The van der Waals surface area contributed by atoms with E-state index in [-0.39, 0.29) is 13.9 Å². The fraction of sp³-hybridized carbons (Fsp3) is 0.714. The monoisotopic (exact) mass is 234 g/mol. The van der Waals surface area contributed by atoms with Crippen LogP contribution >= 0.6 is 0 Å². The predicted octanol–water partition coefficient (Wildman–Crippen LogP) is -1.52. The number of rotatable bonds is 6. The van der Waals surface area contributed by atoms with Gasteiger partial charge in [0.15, 0.2) is 5.03 Å². The molecular weight excluding hydrogens is 218 g/mol.